The lowest BCUT2D eigenvalue weighted by Gasteiger charge is -2.00. The first-order valence-corrected chi connectivity index (χ1v) is 7.15. The minimum absolute atomic E-state index is 0.0127. The van der Waals surface area contributed by atoms with Gasteiger partial charge >= 0.3 is 0 Å². The fourth-order valence-corrected chi connectivity index (χ4v) is 2.52. The smallest absolute Gasteiger partial charge is 0.220 e. The number of nitrogens with one attached hydrogen (secondary N) is 1. The van der Waals surface area contributed by atoms with E-state index in [1.807, 2.05) is 5.38 Å². The van der Waals surface area contributed by atoms with Gasteiger partial charge in [-0.2, -0.15) is 0 Å². The second-order valence-electron chi connectivity index (χ2n) is 4.24. The van der Waals surface area contributed by atoms with Gasteiger partial charge in [0.25, 0.3) is 0 Å². The number of aromatic nitrogens is 1. The van der Waals surface area contributed by atoms with E-state index >= 15 is 0 Å². The molecule has 0 aliphatic heterocycles. The Morgan fingerprint density at radius 1 is 1.40 bits per heavy atom. The van der Waals surface area contributed by atoms with Crippen molar-refractivity contribution in [3.8, 4) is 10.6 Å². The average molecular weight is 290 g/mol. The summed E-state index contributed by atoms with van der Waals surface area (Å²) in [7, 11) is 0. The lowest BCUT2D eigenvalue weighted by atomic mass is 10.2. The van der Waals surface area contributed by atoms with E-state index in [4.69, 9.17) is 0 Å². The predicted molar refractivity (Wildman–Crippen MR) is 79.0 cm³/mol. The second-order valence-corrected chi connectivity index (χ2v) is 5.10. The first-order chi connectivity index (χ1) is 9.69. The van der Waals surface area contributed by atoms with Gasteiger partial charge in [0.2, 0.25) is 5.91 Å². The lowest BCUT2D eigenvalue weighted by molar-refractivity contribution is -0.120. The molecular weight excluding hydrogens is 275 g/mol. The predicted octanol–water partition coefficient (Wildman–Crippen LogP) is 3.18. The van der Waals surface area contributed by atoms with Gasteiger partial charge in [-0.15, -0.1) is 17.9 Å². The Morgan fingerprint density at radius 3 is 2.85 bits per heavy atom. The van der Waals surface area contributed by atoms with E-state index in [1.165, 1.54) is 23.5 Å². The Labute approximate surface area is 121 Å². The van der Waals surface area contributed by atoms with Gasteiger partial charge in [0.15, 0.2) is 0 Å². The van der Waals surface area contributed by atoms with Gasteiger partial charge in [0.1, 0.15) is 10.8 Å². The van der Waals surface area contributed by atoms with Crippen molar-refractivity contribution >= 4 is 17.2 Å². The third-order valence-electron chi connectivity index (χ3n) is 2.69. The summed E-state index contributed by atoms with van der Waals surface area (Å²) in [6, 6.07) is 6.24. The molecule has 0 aliphatic rings. The van der Waals surface area contributed by atoms with Gasteiger partial charge in [-0.3, -0.25) is 4.79 Å². The van der Waals surface area contributed by atoms with Crippen molar-refractivity contribution in [3.63, 3.8) is 0 Å². The highest BCUT2D eigenvalue weighted by molar-refractivity contribution is 7.13. The van der Waals surface area contributed by atoms with Crippen LogP contribution in [0.1, 0.15) is 12.1 Å². The first kappa shape index (κ1) is 14.4. The number of carbonyl (C=O) groups is 1. The summed E-state index contributed by atoms with van der Waals surface area (Å²) in [5.74, 6) is -0.273. The van der Waals surface area contributed by atoms with Crippen LogP contribution in [0.4, 0.5) is 4.39 Å². The molecule has 1 amide bonds. The molecule has 0 spiro atoms. The Hall–Kier alpha value is -2.01. The number of nitrogens with zero attached hydrogens (tertiary/aromatic N) is 1. The molecule has 0 radical (unpaired) electrons. The van der Waals surface area contributed by atoms with E-state index < -0.39 is 0 Å². The summed E-state index contributed by atoms with van der Waals surface area (Å²) < 4.78 is 12.9. The maximum Gasteiger partial charge on any atom is 0.220 e. The monoisotopic (exact) mass is 290 g/mol. The van der Waals surface area contributed by atoms with Crippen molar-refractivity contribution in [2.45, 2.75) is 12.8 Å². The number of amides is 1. The maximum absolute atomic E-state index is 12.9. The normalized spacial score (nSPS) is 10.2. The van der Waals surface area contributed by atoms with Gasteiger partial charge in [-0.1, -0.05) is 6.08 Å². The molecule has 104 valence electrons. The number of rotatable bonds is 6. The molecule has 0 atom stereocenters. The summed E-state index contributed by atoms with van der Waals surface area (Å²) >= 11 is 1.50. The minimum atomic E-state index is -0.260. The molecular formula is C15H15FN2OS. The number of aryl methyl sites for hydroxylation is 1. The number of halogens is 1. The van der Waals surface area contributed by atoms with E-state index in [0.29, 0.717) is 19.4 Å². The van der Waals surface area contributed by atoms with Gasteiger partial charge in [-0.25, -0.2) is 9.37 Å². The zero-order valence-electron chi connectivity index (χ0n) is 10.9. The second kappa shape index (κ2) is 6.96. The van der Waals surface area contributed by atoms with Crippen LogP contribution in [0.25, 0.3) is 10.6 Å². The molecule has 0 aliphatic carbocycles. The number of benzene rings is 1. The van der Waals surface area contributed by atoms with Crippen molar-refractivity contribution in [2.75, 3.05) is 6.54 Å². The van der Waals surface area contributed by atoms with Gasteiger partial charge < -0.3 is 5.32 Å². The molecule has 0 saturated heterocycles. The molecule has 1 aromatic heterocycles. The molecule has 1 N–H and O–H groups in total. The van der Waals surface area contributed by atoms with Gasteiger partial charge in [0, 0.05) is 23.9 Å². The molecule has 2 aromatic rings. The third kappa shape index (κ3) is 3.99. The van der Waals surface area contributed by atoms with Gasteiger partial charge in [-0.05, 0) is 30.7 Å². The number of hydrogen-bond acceptors (Lipinski definition) is 3. The Kier molecular flexibility index (Phi) is 5.01. The SMILES string of the molecule is C=CCNC(=O)CCc1csc(-c2ccc(F)cc2)n1. The Morgan fingerprint density at radius 2 is 2.15 bits per heavy atom. The number of hydrogen-bond donors (Lipinski definition) is 1. The molecule has 0 fully saturated rings. The fraction of sp³-hybridized carbons (Fsp3) is 0.200. The van der Waals surface area contributed by atoms with Crippen LogP contribution in [-0.2, 0) is 11.2 Å². The summed E-state index contributed by atoms with van der Waals surface area (Å²) in [6.45, 7) is 4.02. The highest BCUT2D eigenvalue weighted by atomic mass is 32.1. The third-order valence-corrected chi connectivity index (χ3v) is 3.63. The molecule has 1 aromatic carbocycles. The maximum atomic E-state index is 12.9. The van der Waals surface area contributed by atoms with E-state index in [2.05, 4.69) is 16.9 Å². The van der Waals surface area contributed by atoms with Crippen molar-refractivity contribution in [1.82, 2.24) is 10.3 Å². The Bertz CT molecular complexity index is 592. The van der Waals surface area contributed by atoms with E-state index in [0.717, 1.165) is 16.3 Å². The van der Waals surface area contributed by atoms with Crippen LogP contribution in [0.2, 0.25) is 0 Å². The molecule has 2 rings (SSSR count). The fourth-order valence-electron chi connectivity index (χ4n) is 1.66. The zero-order valence-corrected chi connectivity index (χ0v) is 11.8. The van der Waals surface area contributed by atoms with E-state index in [-0.39, 0.29) is 11.7 Å². The minimum Gasteiger partial charge on any atom is -0.353 e. The van der Waals surface area contributed by atoms with Crippen LogP contribution in [0, 0.1) is 5.82 Å². The molecule has 0 unspecified atom stereocenters. The largest absolute Gasteiger partial charge is 0.353 e. The summed E-state index contributed by atoms with van der Waals surface area (Å²) in [6.07, 6.45) is 2.65. The average Bonchev–Trinajstić information content (AvgIpc) is 2.92. The lowest BCUT2D eigenvalue weighted by Crippen LogP contribution is -2.23. The summed E-state index contributed by atoms with van der Waals surface area (Å²) in [5, 5.41) is 5.49. The molecule has 3 nitrogen and oxygen atoms in total. The topological polar surface area (TPSA) is 42.0 Å². The number of thiazole rings is 1. The Balaban J connectivity index is 1.94. The number of carbonyl (C=O) groups excluding carboxylic acids is 1. The van der Waals surface area contributed by atoms with Crippen LogP contribution < -0.4 is 5.32 Å². The van der Waals surface area contributed by atoms with Crippen molar-refractivity contribution in [3.05, 3.63) is 53.8 Å². The van der Waals surface area contributed by atoms with Gasteiger partial charge in [0.05, 0.1) is 5.69 Å². The van der Waals surface area contributed by atoms with Crippen LogP contribution >= 0.6 is 11.3 Å². The standard InChI is InChI=1S/C15H15FN2OS/c1-2-9-17-14(19)8-7-13-10-20-15(18-13)11-3-5-12(16)6-4-11/h2-6,10H,1,7-9H2,(H,17,19). The van der Waals surface area contributed by atoms with Crippen LogP contribution in [0.5, 0.6) is 0 Å². The van der Waals surface area contributed by atoms with Crippen molar-refractivity contribution in [1.29, 1.82) is 0 Å². The van der Waals surface area contributed by atoms with Crippen molar-refractivity contribution in [2.24, 2.45) is 0 Å². The van der Waals surface area contributed by atoms with Crippen molar-refractivity contribution < 1.29 is 9.18 Å². The summed E-state index contributed by atoms with van der Waals surface area (Å²) in [4.78, 5) is 15.9. The molecule has 0 saturated carbocycles. The van der Waals surface area contributed by atoms with Crippen LogP contribution in [0.15, 0.2) is 42.3 Å². The highest BCUT2D eigenvalue weighted by Gasteiger charge is 2.07. The van der Waals surface area contributed by atoms with Crippen LogP contribution in [0.3, 0.4) is 0 Å². The molecule has 5 heteroatoms. The molecule has 0 bridgehead atoms. The van der Waals surface area contributed by atoms with Crippen LogP contribution in [-0.4, -0.2) is 17.4 Å². The zero-order chi connectivity index (χ0) is 14.4. The molecule has 20 heavy (non-hydrogen) atoms. The highest BCUT2D eigenvalue weighted by Crippen LogP contribution is 2.24. The molecule has 1 heterocycles. The summed E-state index contributed by atoms with van der Waals surface area (Å²) in [5.41, 5.74) is 1.77. The quantitative estimate of drug-likeness (QED) is 0.830. The van der Waals surface area contributed by atoms with E-state index in [1.54, 1.807) is 18.2 Å². The van der Waals surface area contributed by atoms with E-state index in [9.17, 15) is 9.18 Å². The first-order valence-electron chi connectivity index (χ1n) is 6.27.